The van der Waals surface area contributed by atoms with Gasteiger partial charge < -0.3 is 14.2 Å². The topological polar surface area (TPSA) is 78.0 Å². The molecular weight excluding hydrogens is 355 g/mol. The molecule has 0 radical (unpaired) electrons. The maximum Gasteiger partial charge on any atom is 0.498 e. The summed E-state index contributed by atoms with van der Waals surface area (Å²) in [6, 6.07) is 0. The van der Waals surface area contributed by atoms with E-state index in [9.17, 15) is 8.42 Å². The minimum Gasteiger partial charge on any atom is -0.399 e. The van der Waals surface area contributed by atoms with Crippen molar-refractivity contribution in [2.75, 3.05) is 25.4 Å². The molecule has 0 saturated carbocycles. The number of sulfonamides is 1. The molecule has 3 heterocycles. The van der Waals surface area contributed by atoms with E-state index in [2.05, 4.69) is 9.94 Å². The highest BCUT2D eigenvalue weighted by atomic mass is 32.2. The van der Waals surface area contributed by atoms with Gasteiger partial charge in [0.2, 0.25) is 16.6 Å². The summed E-state index contributed by atoms with van der Waals surface area (Å²) in [5, 5.41) is 4.40. The van der Waals surface area contributed by atoms with Crippen LogP contribution in [0.2, 0.25) is 0 Å². The summed E-state index contributed by atoms with van der Waals surface area (Å²) >= 11 is 0. The van der Waals surface area contributed by atoms with Crippen molar-refractivity contribution in [2.45, 2.75) is 51.4 Å². The van der Waals surface area contributed by atoms with Crippen LogP contribution in [-0.2, 0) is 24.9 Å². The molecule has 1 aromatic heterocycles. The fourth-order valence-electron chi connectivity index (χ4n) is 3.15. The number of aromatic nitrogens is 2. The summed E-state index contributed by atoms with van der Waals surface area (Å²) in [6.07, 6.45) is 3.48. The first-order valence-corrected chi connectivity index (χ1v) is 10.3. The number of nitrogens with zero attached hydrogens (tertiary/aromatic N) is 4. The first kappa shape index (κ1) is 19.4. The lowest BCUT2D eigenvalue weighted by molar-refractivity contribution is 0.00578. The highest BCUT2D eigenvalue weighted by Gasteiger charge is 2.55. The van der Waals surface area contributed by atoms with E-state index in [1.807, 2.05) is 33.9 Å². The monoisotopic (exact) mass is 380 g/mol. The van der Waals surface area contributed by atoms with Crippen molar-refractivity contribution in [1.82, 2.24) is 14.1 Å². The standard InChI is InChI=1S/C16H25BN4O4S/c1-7-26(22,23)20-11-16(12-20,10-18-6)21-9-13(8-19-21)17-24-14(2,3)15(4,5)25-17/h8-9H,7,10-12H2,1-5H3. The Morgan fingerprint density at radius 1 is 1.27 bits per heavy atom. The molecule has 0 spiro atoms. The molecule has 8 nitrogen and oxygen atoms in total. The summed E-state index contributed by atoms with van der Waals surface area (Å²) in [6.45, 7) is 17.5. The molecule has 2 aliphatic heterocycles. The van der Waals surface area contributed by atoms with E-state index < -0.39 is 33.9 Å². The molecule has 10 heteroatoms. The van der Waals surface area contributed by atoms with Crippen LogP contribution >= 0.6 is 0 Å². The normalized spacial score (nSPS) is 24.2. The van der Waals surface area contributed by atoms with Gasteiger partial charge in [-0.25, -0.2) is 15.0 Å². The van der Waals surface area contributed by atoms with Crippen molar-refractivity contribution in [2.24, 2.45) is 0 Å². The molecule has 3 rings (SSSR count). The van der Waals surface area contributed by atoms with Gasteiger partial charge in [-0.1, -0.05) is 0 Å². The highest BCUT2D eigenvalue weighted by Crippen LogP contribution is 2.37. The molecule has 142 valence electrons. The predicted octanol–water partition coefficient (Wildman–Crippen LogP) is 0.462. The van der Waals surface area contributed by atoms with Crippen LogP contribution in [0.1, 0.15) is 34.6 Å². The maximum atomic E-state index is 12.0. The second-order valence-corrected chi connectivity index (χ2v) is 10.3. The summed E-state index contributed by atoms with van der Waals surface area (Å²) in [5.41, 5.74) is -0.761. The number of hydrogen-bond donors (Lipinski definition) is 0. The predicted molar refractivity (Wildman–Crippen MR) is 98.4 cm³/mol. The van der Waals surface area contributed by atoms with E-state index in [0.29, 0.717) is 0 Å². The summed E-state index contributed by atoms with van der Waals surface area (Å²) in [7, 11) is -3.79. The smallest absolute Gasteiger partial charge is 0.399 e. The Morgan fingerprint density at radius 3 is 2.35 bits per heavy atom. The highest BCUT2D eigenvalue weighted by molar-refractivity contribution is 7.89. The molecular formula is C16H25BN4O4S. The zero-order valence-corrected chi connectivity index (χ0v) is 16.7. The van der Waals surface area contributed by atoms with Crippen LogP contribution < -0.4 is 5.46 Å². The molecule has 0 amide bonds. The SMILES string of the molecule is [C-]#[N+]CC1(n2cc(B3OC(C)(C)C(C)(C)O3)cn2)CN(S(=O)(=O)CC)C1. The second-order valence-electron chi connectivity index (χ2n) is 8.02. The van der Waals surface area contributed by atoms with Crippen LogP contribution in [0, 0.1) is 6.57 Å². The lowest BCUT2D eigenvalue weighted by Crippen LogP contribution is -2.66. The van der Waals surface area contributed by atoms with Crippen LogP contribution in [0.5, 0.6) is 0 Å². The fraction of sp³-hybridized carbons (Fsp3) is 0.750. The van der Waals surface area contributed by atoms with E-state index in [0.717, 1.165) is 5.46 Å². The van der Waals surface area contributed by atoms with Gasteiger partial charge in [0, 0.05) is 30.9 Å². The van der Waals surface area contributed by atoms with Gasteiger partial charge in [0.25, 0.3) is 0 Å². The van der Waals surface area contributed by atoms with Crippen LogP contribution in [0.25, 0.3) is 4.85 Å². The van der Waals surface area contributed by atoms with E-state index in [-0.39, 0.29) is 25.4 Å². The van der Waals surface area contributed by atoms with Gasteiger partial charge in [-0.2, -0.15) is 9.40 Å². The Labute approximate surface area is 155 Å². The van der Waals surface area contributed by atoms with Crippen LogP contribution in [-0.4, -0.2) is 66.2 Å². The third kappa shape index (κ3) is 2.97. The maximum absolute atomic E-state index is 12.0. The van der Waals surface area contributed by atoms with Crippen molar-refractivity contribution >= 4 is 22.6 Å². The van der Waals surface area contributed by atoms with E-state index in [4.69, 9.17) is 15.9 Å². The summed E-state index contributed by atoms with van der Waals surface area (Å²) in [5.74, 6) is 0.0549. The number of rotatable bonds is 5. The minimum absolute atomic E-state index is 0.0549. The minimum atomic E-state index is -3.26. The first-order chi connectivity index (χ1) is 12.0. The Balaban J connectivity index is 1.82. The van der Waals surface area contributed by atoms with Crippen LogP contribution in [0.4, 0.5) is 0 Å². The van der Waals surface area contributed by atoms with Crippen molar-refractivity contribution in [3.8, 4) is 0 Å². The average Bonchev–Trinajstić information content (AvgIpc) is 3.06. The van der Waals surface area contributed by atoms with Crippen LogP contribution in [0.15, 0.2) is 12.4 Å². The summed E-state index contributed by atoms with van der Waals surface area (Å²) < 4.78 is 39.3. The average molecular weight is 380 g/mol. The largest absolute Gasteiger partial charge is 0.498 e. The number of hydrogen-bond acceptors (Lipinski definition) is 5. The van der Waals surface area contributed by atoms with E-state index >= 15 is 0 Å². The first-order valence-electron chi connectivity index (χ1n) is 8.68. The molecule has 0 aliphatic carbocycles. The molecule has 0 aromatic carbocycles. The zero-order chi connectivity index (χ0) is 19.4. The van der Waals surface area contributed by atoms with Gasteiger partial charge in [0.15, 0.2) is 5.54 Å². The van der Waals surface area contributed by atoms with Gasteiger partial charge in [0.05, 0.1) is 17.0 Å². The van der Waals surface area contributed by atoms with E-state index in [1.54, 1.807) is 17.8 Å². The van der Waals surface area contributed by atoms with Crippen molar-refractivity contribution in [3.05, 3.63) is 23.8 Å². The molecule has 1 aromatic rings. The van der Waals surface area contributed by atoms with Crippen LogP contribution in [0.3, 0.4) is 0 Å². The third-order valence-corrected chi connectivity index (χ3v) is 7.46. The Kier molecular flexibility index (Phi) is 4.51. The molecule has 0 unspecified atom stereocenters. The van der Waals surface area contributed by atoms with Crippen molar-refractivity contribution < 1.29 is 17.7 Å². The molecule has 2 saturated heterocycles. The second kappa shape index (κ2) is 6.06. The van der Waals surface area contributed by atoms with Gasteiger partial charge in [-0.3, -0.25) is 4.68 Å². The fourth-order valence-corrected chi connectivity index (χ4v) is 4.39. The molecule has 0 bridgehead atoms. The summed E-state index contributed by atoms with van der Waals surface area (Å²) in [4.78, 5) is 3.51. The Bertz CT molecular complexity index is 821. The van der Waals surface area contributed by atoms with Gasteiger partial charge >= 0.3 is 7.12 Å². The Morgan fingerprint density at radius 2 is 1.85 bits per heavy atom. The molecule has 2 aliphatic rings. The third-order valence-electron chi connectivity index (χ3n) is 5.69. The van der Waals surface area contributed by atoms with Crippen molar-refractivity contribution in [1.29, 1.82) is 0 Å². The van der Waals surface area contributed by atoms with Crippen molar-refractivity contribution in [3.63, 3.8) is 0 Å². The molecule has 0 N–H and O–H groups in total. The van der Waals surface area contributed by atoms with Gasteiger partial charge in [-0.15, -0.1) is 0 Å². The molecule has 0 atom stereocenters. The lowest BCUT2D eigenvalue weighted by Gasteiger charge is -2.45. The lowest BCUT2D eigenvalue weighted by atomic mass is 9.81. The van der Waals surface area contributed by atoms with Gasteiger partial charge in [-0.05, 0) is 34.6 Å². The molecule has 2 fully saturated rings. The molecule has 26 heavy (non-hydrogen) atoms. The quantitative estimate of drug-likeness (QED) is 0.548. The van der Waals surface area contributed by atoms with Gasteiger partial charge in [0.1, 0.15) is 0 Å². The Hall–Kier alpha value is -1.41. The zero-order valence-electron chi connectivity index (χ0n) is 15.9. The van der Waals surface area contributed by atoms with E-state index in [1.165, 1.54) is 4.31 Å².